The summed E-state index contributed by atoms with van der Waals surface area (Å²) in [6.07, 6.45) is 1.84. The second kappa shape index (κ2) is 7.06. The van der Waals surface area contributed by atoms with Crippen molar-refractivity contribution in [2.45, 2.75) is 66.9 Å². The van der Waals surface area contributed by atoms with Gasteiger partial charge in [0.25, 0.3) is 0 Å². The molecule has 1 aromatic carbocycles. The van der Waals surface area contributed by atoms with Crippen LogP contribution in [0.2, 0.25) is 0 Å². The number of aromatic hydroxyl groups is 1. The van der Waals surface area contributed by atoms with Crippen LogP contribution in [0.4, 0.5) is 5.82 Å². The first kappa shape index (κ1) is 19.5. The maximum atomic E-state index is 10.4. The SMILES string of the molecule is CCN(CC1(C)CCc2c(C)c(O)c(C)c(C)c2O1)c1cc(C)cc(C)n1. The minimum atomic E-state index is -0.289. The number of aryl methyl sites for hydroxylation is 2. The van der Waals surface area contributed by atoms with Crippen molar-refractivity contribution in [3.63, 3.8) is 0 Å². The van der Waals surface area contributed by atoms with Crippen LogP contribution in [0.3, 0.4) is 0 Å². The quantitative estimate of drug-likeness (QED) is 0.830. The van der Waals surface area contributed by atoms with E-state index in [1.54, 1.807) is 0 Å². The Balaban J connectivity index is 1.92. The maximum Gasteiger partial charge on any atom is 0.129 e. The van der Waals surface area contributed by atoms with E-state index in [1.807, 2.05) is 27.7 Å². The Bertz CT molecular complexity index is 855. The summed E-state index contributed by atoms with van der Waals surface area (Å²) in [5.74, 6) is 2.38. The number of hydrogen-bond donors (Lipinski definition) is 1. The number of ether oxygens (including phenoxy) is 1. The molecule has 2 heterocycles. The van der Waals surface area contributed by atoms with Crippen molar-refractivity contribution in [3.05, 3.63) is 45.6 Å². The number of phenolic OH excluding ortho intramolecular Hbond substituents is 1. The lowest BCUT2D eigenvalue weighted by atomic mass is 9.87. The molecule has 3 rings (SSSR count). The number of fused-ring (bicyclic) bond motifs is 1. The molecule has 1 unspecified atom stereocenters. The lowest BCUT2D eigenvalue weighted by molar-refractivity contribution is 0.0702. The zero-order valence-electron chi connectivity index (χ0n) is 17.7. The molecule has 27 heavy (non-hydrogen) atoms. The molecule has 0 spiro atoms. The molecule has 1 aliphatic heterocycles. The molecule has 0 fully saturated rings. The van der Waals surface area contributed by atoms with Crippen molar-refractivity contribution in [2.24, 2.45) is 0 Å². The van der Waals surface area contributed by atoms with E-state index in [0.717, 1.165) is 65.4 Å². The zero-order chi connectivity index (χ0) is 19.9. The van der Waals surface area contributed by atoms with Gasteiger partial charge < -0.3 is 14.7 Å². The molecule has 4 heteroatoms. The normalized spacial score (nSPS) is 18.8. The molecule has 0 radical (unpaired) electrons. The Morgan fingerprint density at radius 3 is 2.44 bits per heavy atom. The lowest BCUT2D eigenvalue weighted by Gasteiger charge is -2.41. The van der Waals surface area contributed by atoms with Gasteiger partial charge in [0.1, 0.15) is 22.9 Å². The molecule has 1 aliphatic rings. The molecule has 4 nitrogen and oxygen atoms in total. The van der Waals surface area contributed by atoms with Crippen LogP contribution < -0.4 is 9.64 Å². The predicted molar refractivity (Wildman–Crippen MR) is 111 cm³/mol. The first-order valence-corrected chi connectivity index (χ1v) is 9.86. The number of pyridine rings is 1. The number of rotatable bonds is 4. The number of aromatic nitrogens is 1. The minimum absolute atomic E-state index is 0.289. The van der Waals surface area contributed by atoms with E-state index < -0.39 is 0 Å². The van der Waals surface area contributed by atoms with Crippen LogP contribution in [0.25, 0.3) is 0 Å². The Morgan fingerprint density at radius 2 is 1.81 bits per heavy atom. The number of likely N-dealkylation sites (N-methyl/N-ethyl adjacent to an activating group) is 1. The Hall–Kier alpha value is -2.23. The van der Waals surface area contributed by atoms with Crippen LogP contribution in [0.1, 0.15) is 53.8 Å². The molecule has 2 aromatic rings. The fraction of sp³-hybridized carbons (Fsp3) is 0.522. The largest absolute Gasteiger partial charge is 0.507 e. The number of phenols is 1. The highest BCUT2D eigenvalue weighted by Crippen LogP contribution is 2.43. The molecule has 1 N–H and O–H groups in total. The van der Waals surface area contributed by atoms with Gasteiger partial charge in [-0.25, -0.2) is 4.98 Å². The van der Waals surface area contributed by atoms with Crippen molar-refractivity contribution in [3.8, 4) is 11.5 Å². The monoisotopic (exact) mass is 368 g/mol. The third-order valence-corrected chi connectivity index (χ3v) is 5.91. The van der Waals surface area contributed by atoms with E-state index >= 15 is 0 Å². The molecule has 1 aromatic heterocycles. The number of anilines is 1. The average molecular weight is 369 g/mol. The van der Waals surface area contributed by atoms with E-state index in [0.29, 0.717) is 5.75 Å². The summed E-state index contributed by atoms with van der Waals surface area (Å²) in [6, 6.07) is 4.25. The Kier molecular flexibility index (Phi) is 5.11. The smallest absolute Gasteiger partial charge is 0.129 e. The van der Waals surface area contributed by atoms with Gasteiger partial charge in [-0.1, -0.05) is 0 Å². The van der Waals surface area contributed by atoms with Crippen LogP contribution >= 0.6 is 0 Å². The van der Waals surface area contributed by atoms with Gasteiger partial charge in [0.2, 0.25) is 0 Å². The summed E-state index contributed by atoms with van der Waals surface area (Å²) in [5, 5.41) is 10.4. The zero-order valence-corrected chi connectivity index (χ0v) is 17.7. The minimum Gasteiger partial charge on any atom is -0.507 e. The second-order valence-electron chi connectivity index (χ2n) is 8.24. The summed E-state index contributed by atoms with van der Waals surface area (Å²) in [7, 11) is 0. The van der Waals surface area contributed by atoms with Gasteiger partial charge in [0, 0.05) is 17.8 Å². The summed E-state index contributed by atoms with van der Waals surface area (Å²) < 4.78 is 6.60. The van der Waals surface area contributed by atoms with Gasteiger partial charge in [0.05, 0.1) is 6.54 Å². The van der Waals surface area contributed by atoms with Crippen LogP contribution in [-0.4, -0.2) is 28.8 Å². The molecular formula is C23H32N2O2. The summed E-state index contributed by atoms with van der Waals surface area (Å²) in [6.45, 7) is 16.2. The third-order valence-electron chi connectivity index (χ3n) is 5.91. The molecular weight excluding hydrogens is 336 g/mol. The van der Waals surface area contributed by atoms with Gasteiger partial charge in [-0.05, 0) is 95.7 Å². The molecule has 146 valence electrons. The summed E-state index contributed by atoms with van der Waals surface area (Å²) in [5.41, 5.74) is 6.06. The van der Waals surface area contributed by atoms with E-state index in [-0.39, 0.29) is 5.60 Å². The molecule has 0 aliphatic carbocycles. The van der Waals surface area contributed by atoms with Crippen molar-refractivity contribution < 1.29 is 9.84 Å². The Labute approximate surface area is 163 Å². The molecule has 0 saturated heterocycles. The third kappa shape index (κ3) is 3.62. The summed E-state index contributed by atoms with van der Waals surface area (Å²) >= 11 is 0. The van der Waals surface area contributed by atoms with Gasteiger partial charge in [-0.2, -0.15) is 0 Å². The van der Waals surface area contributed by atoms with Crippen molar-refractivity contribution >= 4 is 5.82 Å². The standard InChI is InChI=1S/C23H32N2O2/c1-8-25(20-12-14(2)11-15(3)24-20)13-23(7)10-9-19-18(6)21(26)16(4)17(5)22(19)27-23/h11-12,26H,8-10,13H2,1-7H3. The van der Waals surface area contributed by atoms with E-state index in [9.17, 15) is 5.11 Å². The maximum absolute atomic E-state index is 10.4. The number of benzene rings is 1. The average Bonchev–Trinajstić information content (AvgIpc) is 2.62. The van der Waals surface area contributed by atoms with Gasteiger partial charge in [-0.15, -0.1) is 0 Å². The van der Waals surface area contributed by atoms with E-state index in [4.69, 9.17) is 9.72 Å². The van der Waals surface area contributed by atoms with Crippen molar-refractivity contribution in [1.82, 2.24) is 4.98 Å². The highest BCUT2D eigenvalue weighted by atomic mass is 16.5. The fourth-order valence-corrected chi connectivity index (χ4v) is 4.15. The topological polar surface area (TPSA) is 45.6 Å². The summed E-state index contributed by atoms with van der Waals surface area (Å²) in [4.78, 5) is 7.05. The molecule has 0 amide bonds. The van der Waals surface area contributed by atoms with E-state index in [1.165, 1.54) is 5.56 Å². The van der Waals surface area contributed by atoms with E-state index in [2.05, 4.69) is 37.8 Å². The van der Waals surface area contributed by atoms with Crippen LogP contribution in [0, 0.1) is 34.6 Å². The molecule has 0 saturated carbocycles. The number of hydrogen-bond acceptors (Lipinski definition) is 4. The van der Waals surface area contributed by atoms with Crippen LogP contribution in [0.15, 0.2) is 12.1 Å². The lowest BCUT2D eigenvalue weighted by Crippen LogP contribution is -2.48. The first-order chi connectivity index (χ1) is 12.6. The van der Waals surface area contributed by atoms with Crippen molar-refractivity contribution in [2.75, 3.05) is 18.0 Å². The predicted octanol–water partition coefficient (Wildman–Crippen LogP) is 4.94. The van der Waals surface area contributed by atoms with Crippen LogP contribution in [-0.2, 0) is 6.42 Å². The fourth-order valence-electron chi connectivity index (χ4n) is 4.15. The van der Waals surface area contributed by atoms with Gasteiger partial charge in [0.15, 0.2) is 0 Å². The highest BCUT2D eigenvalue weighted by molar-refractivity contribution is 5.58. The van der Waals surface area contributed by atoms with Gasteiger partial charge >= 0.3 is 0 Å². The number of nitrogens with zero attached hydrogens (tertiary/aromatic N) is 2. The highest BCUT2D eigenvalue weighted by Gasteiger charge is 2.36. The Morgan fingerprint density at radius 1 is 1.11 bits per heavy atom. The molecule has 0 bridgehead atoms. The molecule has 1 atom stereocenters. The second-order valence-corrected chi connectivity index (χ2v) is 8.24. The van der Waals surface area contributed by atoms with Gasteiger partial charge in [-0.3, -0.25) is 0 Å². The van der Waals surface area contributed by atoms with Crippen LogP contribution in [0.5, 0.6) is 11.5 Å². The first-order valence-electron chi connectivity index (χ1n) is 9.86. The van der Waals surface area contributed by atoms with Crippen molar-refractivity contribution in [1.29, 1.82) is 0 Å².